The van der Waals surface area contributed by atoms with Crippen molar-refractivity contribution < 1.29 is 9.53 Å². The van der Waals surface area contributed by atoms with Gasteiger partial charge < -0.3 is 15.0 Å². The highest BCUT2D eigenvalue weighted by Crippen LogP contribution is 2.18. The summed E-state index contributed by atoms with van der Waals surface area (Å²) in [5.41, 5.74) is 1.53. The zero-order valence-corrected chi connectivity index (χ0v) is 15.0. The highest BCUT2D eigenvalue weighted by atomic mass is 32.1. The molecule has 0 spiro atoms. The van der Waals surface area contributed by atoms with Crippen molar-refractivity contribution in [3.63, 3.8) is 0 Å². The summed E-state index contributed by atoms with van der Waals surface area (Å²) in [7, 11) is 0. The largest absolute Gasteiger partial charge is 0.372 e. The van der Waals surface area contributed by atoms with E-state index in [1.54, 1.807) is 17.5 Å². The number of hydrogen-bond donors (Lipinski definition) is 1. The first-order chi connectivity index (χ1) is 11.5. The second-order valence-electron chi connectivity index (χ2n) is 6.13. The van der Waals surface area contributed by atoms with Gasteiger partial charge in [0.25, 0.3) is 5.91 Å². The molecule has 0 aromatic carbocycles. The van der Waals surface area contributed by atoms with Gasteiger partial charge in [-0.3, -0.25) is 4.79 Å². The predicted molar refractivity (Wildman–Crippen MR) is 94.5 cm³/mol. The molecule has 6 nitrogen and oxygen atoms in total. The van der Waals surface area contributed by atoms with Crippen LogP contribution in [-0.4, -0.2) is 41.2 Å². The van der Waals surface area contributed by atoms with E-state index >= 15 is 0 Å². The third kappa shape index (κ3) is 4.10. The molecule has 3 rings (SSSR count). The maximum absolute atomic E-state index is 12.2. The quantitative estimate of drug-likeness (QED) is 0.921. The minimum Gasteiger partial charge on any atom is -0.372 e. The summed E-state index contributed by atoms with van der Waals surface area (Å²) < 4.78 is 5.74. The van der Waals surface area contributed by atoms with Crippen LogP contribution < -0.4 is 10.2 Å². The molecule has 0 saturated carbocycles. The zero-order chi connectivity index (χ0) is 17.1. The summed E-state index contributed by atoms with van der Waals surface area (Å²) in [6, 6.07) is 3.71. The number of rotatable bonds is 4. The number of nitrogens with one attached hydrogen (secondary N) is 1. The Morgan fingerprint density at radius 3 is 2.71 bits per heavy atom. The molecule has 1 aliphatic heterocycles. The number of pyridine rings is 1. The van der Waals surface area contributed by atoms with E-state index < -0.39 is 0 Å². The summed E-state index contributed by atoms with van der Waals surface area (Å²) in [6.45, 7) is 8.13. The van der Waals surface area contributed by atoms with Gasteiger partial charge in [0.1, 0.15) is 10.8 Å². The highest BCUT2D eigenvalue weighted by Gasteiger charge is 2.23. The van der Waals surface area contributed by atoms with Crippen LogP contribution in [0.2, 0.25) is 0 Å². The van der Waals surface area contributed by atoms with Crippen LogP contribution in [-0.2, 0) is 11.3 Å². The normalized spacial score (nSPS) is 20.9. The van der Waals surface area contributed by atoms with E-state index in [-0.39, 0.29) is 18.1 Å². The molecule has 1 saturated heterocycles. The lowest BCUT2D eigenvalue weighted by Gasteiger charge is -2.36. The van der Waals surface area contributed by atoms with E-state index in [4.69, 9.17) is 4.74 Å². The lowest BCUT2D eigenvalue weighted by Crippen LogP contribution is -2.45. The molecular weight excluding hydrogens is 324 g/mol. The number of ether oxygens (including phenoxy) is 1. The molecule has 0 aliphatic carbocycles. The summed E-state index contributed by atoms with van der Waals surface area (Å²) >= 11 is 1.55. The van der Waals surface area contributed by atoms with Crippen molar-refractivity contribution in [2.45, 2.75) is 39.5 Å². The second-order valence-corrected chi connectivity index (χ2v) is 7.08. The van der Waals surface area contributed by atoms with E-state index in [0.717, 1.165) is 29.6 Å². The van der Waals surface area contributed by atoms with Crippen LogP contribution in [0.25, 0.3) is 0 Å². The Labute approximate surface area is 145 Å². The van der Waals surface area contributed by atoms with Gasteiger partial charge in [0, 0.05) is 30.4 Å². The monoisotopic (exact) mass is 346 g/mol. The molecule has 0 unspecified atom stereocenters. The van der Waals surface area contributed by atoms with Gasteiger partial charge in [-0.2, -0.15) is 0 Å². The van der Waals surface area contributed by atoms with Crippen LogP contribution in [0.15, 0.2) is 23.7 Å². The van der Waals surface area contributed by atoms with Crippen LogP contribution in [0.5, 0.6) is 0 Å². The fraction of sp³-hybridized carbons (Fsp3) is 0.471. The Hall–Kier alpha value is -1.99. The first-order valence-electron chi connectivity index (χ1n) is 8.07. The van der Waals surface area contributed by atoms with Gasteiger partial charge >= 0.3 is 0 Å². The topological polar surface area (TPSA) is 67.4 Å². The molecule has 1 amide bonds. The molecule has 2 aromatic heterocycles. The Bertz CT molecular complexity index is 691. The van der Waals surface area contributed by atoms with Gasteiger partial charge in [-0.1, -0.05) is 0 Å². The van der Waals surface area contributed by atoms with Crippen molar-refractivity contribution in [2.24, 2.45) is 0 Å². The molecule has 1 aliphatic rings. The number of carbonyl (C=O) groups excluding carboxylic acids is 1. The van der Waals surface area contributed by atoms with E-state index in [9.17, 15) is 4.79 Å². The lowest BCUT2D eigenvalue weighted by molar-refractivity contribution is -0.00546. The number of aryl methyl sites for hydroxylation is 1. The summed E-state index contributed by atoms with van der Waals surface area (Å²) in [5, 5.41) is 5.76. The van der Waals surface area contributed by atoms with E-state index in [2.05, 4.69) is 34.0 Å². The maximum Gasteiger partial charge on any atom is 0.253 e. The number of anilines is 1. The molecule has 0 radical (unpaired) electrons. The first-order valence-corrected chi connectivity index (χ1v) is 8.95. The number of morpholine rings is 1. The maximum atomic E-state index is 12.2. The van der Waals surface area contributed by atoms with Gasteiger partial charge in [0.05, 0.1) is 24.3 Å². The fourth-order valence-corrected chi connectivity index (χ4v) is 3.53. The van der Waals surface area contributed by atoms with Crippen molar-refractivity contribution in [3.8, 4) is 0 Å². The number of hydrogen-bond acceptors (Lipinski definition) is 6. The fourth-order valence-electron chi connectivity index (χ4n) is 2.81. The molecule has 7 heteroatoms. The number of aromatic nitrogens is 2. The van der Waals surface area contributed by atoms with Crippen molar-refractivity contribution in [3.05, 3.63) is 40.0 Å². The summed E-state index contributed by atoms with van der Waals surface area (Å²) in [4.78, 5) is 23.2. The minimum atomic E-state index is -0.134. The molecule has 24 heavy (non-hydrogen) atoms. The third-order valence-corrected chi connectivity index (χ3v) is 4.79. The Morgan fingerprint density at radius 2 is 2.12 bits per heavy atom. The molecular formula is C17H22N4O2S. The predicted octanol–water partition coefficient (Wildman–Crippen LogP) is 2.39. The van der Waals surface area contributed by atoms with Crippen molar-refractivity contribution in [1.29, 1.82) is 0 Å². The number of nitrogens with zero attached hydrogens (tertiary/aromatic N) is 3. The minimum absolute atomic E-state index is 0.134. The smallest absolute Gasteiger partial charge is 0.253 e. The first kappa shape index (κ1) is 16.9. The Balaban J connectivity index is 1.60. The average molecular weight is 346 g/mol. The third-order valence-electron chi connectivity index (χ3n) is 3.82. The summed E-state index contributed by atoms with van der Waals surface area (Å²) in [5.74, 6) is 0.745. The van der Waals surface area contributed by atoms with E-state index in [1.807, 2.05) is 24.4 Å². The van der Waals surface area contributed by atoms with Crippen LogP contribution in [0.1, 0.15) is 34.9 Å². The van der Waals surface area contributed by atoms with Crippen LogP contribution in [0.3, 0.4) is 0 Å². The molecule has 1 N–H and O–H groups in total. The number of carbonyl (C=O) groups is 1. The average Bonchev–Trinajstić information content (AvgIpc) is 2.97. The van der Waals surface area contributed by atoms with Gasteiger partial charge in [0.2, 0.25) is 0 Å². The van der Waals surface area contributed by atoms with Gasteiger partial charge in [-0.25, -0.2) is 9.97 Å². The van der Waals surface area contributed by atoms with E-state index in [1.165, 1.54) is 0 Å². The molecule has 2 aromatic rings. The Kier molecular flexibility index (Phi) is 5.11. The second kappa shape index (κ2) is 7.27. The molecule has 128 valence electrons. The lowest BCUT2D eigenvalue weighted by atomic mass is 10.2. The van der Waals surface area contributed by atoms with Gasteiger partial charge in [-0.15, -0.1) is 11.3 Å². The van der Waals surface area contributed by atoms with E-state index in [0.29, 0.717) is 12.1 Å². The van der Waals surface area contributed by atoms with Gasteiger partial charge in [-0.05, 0) is 32.9 Å². The number of thiazole rings is 1. The van der Waals surface area contributed by atoms with Crippen LogP contribution in [0.4, 0.5) is 5.82 Å². The molecule has 1 fully saturated rings. The molecule has 3 heterocycles. The van der Waals surface area contributed by atoms with Crippen molar-refractivity contribution in [1.82, 2.24) is 15.3 Å². The standard InChI is InChI=1S/C17H22N4O2S/c1-11-10-24-16(20-11)7-19-17(22)14-4-5-15(18-6-14)21-8-12(2)23-13(3)9-21/h4-6,10,12-13H,7-9H2,1-3H3,(H,19,22)/t12-,13-/m1/s1. The van der Waals surface area contributed by atoms with Gasteiger partial charge in [0.15, 0.2) is 0 Å². The highest BCUT2D eigenvalue weighted by molar-refractivity contribution is 7.09. The molecule has 0 bridgehead atoms. The van der Waals surface area contributed by atoms with Crippen LogP contribution >= 0.6 is 11.3 Å². The van der Waals surface area contributed by atoms with Crippen LogP contribution in [0, 0.1) is 6.92 Å². The van der Waals surface area contributed by atoms with Crippen molar-refractivity contribution in [2.75, 3.05) is 18.0 Å². The van der Waals surface area contributed by atoms with Crippen molar-refractivity contribution >= 4 is 23.1 Å². The SMILES string of the molecule is Cc1csc(CNC(=O)c2ccc(N3C[C@@H](C)O[C@H](C)C3)nc2)n1. The molecule has 2 atom stereocenters. The summed E-state index contributed by atoms with van der Waals surface area (Å²) in [6.07, 6.45) is 1.99. The Morgan fingerprint density at radius 1 is 1.38 bits per heavy atom. The number of amides is 1. The zero-order valence-electron chi connectivity index (χ0n) is 14.2.